The molecule has 0 aliphatic rings. The molecule has 0 heterocycles. The van der Waals surface area contributed by atoms with Gasteiger partial charge in [-0.3, -0.25) is 0 Å². The normalized spacial score (nSPS) is 15.0. The van der Waals surface area contributed by atoms with Gasteiger partial charge in [-0.05, 0) is 37.0 Å². The van der Waals surface area contributed by atoms with E-state index in [1.165, 1.54) is 6.07 Å². The number of benzene rings is 1. The average Bonchev–Trinajstić information content (AvgIpc) is 2.28. The molecule has 0 bridgehead atoms. The molecular weight excluding hydrogens is 285 g/mol. The summed E-state index contributed by atoms with van der Waals surface area (Å²) >= 11 is 3.27. The lowest BCUT2D eigenvalue weighted by molar-refractivity contribution is 0.127. The Bertz CT molecular complexity index is 370. The molecule has 4 heteroatoms. The van der Waals surface area contributed by atoms with Crippen LogP contribution in [0, 0.1) is 11.7 Å². The zero-order chi connectivity index (χ0) is 13.0. The lowest BCUT2D eigenvalue weighted by Gasteiger charge is -2.20. The molecule has 0 aliphatic carbocycles. The van der Waals surface area contributed by atoms with Crippen molar-refractivity contribution >= 4 is 15.9 Å². The second kappa shape index (κ2) is 6.47. The van der Waals surface area contributed by atoms with E-state index in [2.05, 4.69) is 29.8 Å². The summed E-state index contributed by atoms with van der Waals surface area (Å²) in [4.78, 5) is 0. The third-order valence-electron chi connectivity index (χ3n) is 2.77. The number of nitrogens with two attached hydrogens (primary N) is 1. The highest BCUT2D eigenvalue weighted by atomic mass is 79.9. The number of aliphatic hydroxyl groups excluding tert-OH is 1. The molecule has 17 heavy (non-hydrogen) atoms. The molecule has 0 aliphatic heterocycles. The van der Waals surface area contributed by atoms with Crippen LogP contribution in [0.4, 0.5) is 4.39 Å². The molecule has 0 aromatic heterocycles. The van der Waals surface area contributed by atoms with E-state index in [1.807, 2.05) is 0 Å². The Morgan fingerprint density at radius 1 is 1.35 bits per heavy atom. The van der Waals surface area contributed by atoms with Gasteiger partial charge in [-0.25, -0.2) is 4.39 Å². The van der Waals surface area contributed by atoms with Gasteiger partial charge >= 0.3 is 0 Å². The Kier molecular flexibility index (Phi) is 5.56. The number of hydrogen-bond acceptors (Lipinski definition) is 2. The van der Waals surface area contributed by atoms with Crippen LogP contribution in [0.1, 0.15) is 38.3 Å². The predicted molar refractivity (Wildman–Crippen MR) is 71.1 cm³/mol. The minimum Gasteiger partial charge on any atom is -0.391 e. The van der Waals surface area contributed by atoms with E-state index in [9.17, 15) is 9.50 Å². The van der Waals surface area contributed by atoms with Crippen molar-refractivity contribution in [2.24, 2.45) is 11.7 Å². The molecule has 3 N–H and O–H groups in total. The van der Waals surface area contributed by atoms with E-state index in [1.54, 1.807) is 12.1 Å². The predicted octanol–water partition coefficient (Wildman–Crippen LogP) is 3.39. The summed E-state index contributed by atoms with van der Waals surface area (Å²) in [6.07, 6.45) is 0.760. The molecule has 1 aromatic carbocycles. The van der Waals surface area contributed by atoms with Crippen molar-refractivity contribution in [2.45, 2.75) is 38.8 Å². The summed E-state index contributed by atoms with van der Waals surface area (Å²) in [5, 5.41) is 9.93. The average molecular weight is 304 g/mol. The smallest absolute Gasteiger partial charge is 0.128 e. The molecule has 0 fully saturated rings. The van der Waals surface area contributed by atoms with Crippen molar-refractivity contribution in [2.75, 3.05) is 0 Å². The third-order valence-corrected chi connectivity index (χ3v) is 3.26. The van der Waals surface area contributed by atoms with E-state index < -0.39 is 12.1 Å². The van der Waals surface area contributed by atoms with Gasteiger partial charge in [-0.15, -0.1) is 0 Å². The molecule has 96 valence electrons. The Morgan fingerprint density at radius 2 is 2.00 bits per heavy atom. The van der Waals surface area contributed by atoms with Gasteiger partial charge in [0, 0.05) is 10.0 Å². The summed E-state index contributed by atoms with van der Waals surface area (Å²) in [6, 6.07) is 3.92. The van der Waals surface area contributed by atoms with E-state index in [0.717, 1.165) is 10.9 Å². The molecule has 1 aromatic rings. The van der Waals surface area contributed by atoms with Crippen LogP contribution in [0.25, 0.3) is 0 Å². The summed E-state index contributed by atoms with van der Waals surface area (Å²) in [5.74, 6) is 0.133. The fraction of sp³-hybridized carbons (Fsp3) is 0.538. The van der Waals surface area contributed by atoms with Crippen LogP contribution >= 0.6 is 15.9 Å². The first kappa shape index (κ1) is 14.6. The fourth-order valence-corrected chi connectivity index (χ4v) is 2.04. The quantitative estimate of drug-likeness (QED) is 0.876. The first-order valence-corrected chi connectivity index (χ1v) is 6.59. The Morgan fingerprint density at radius 3 is 2.59 bits per heavy atom. The molecule has 1 rings (SSSR count). The summed E-state index contributed by atoms with van der Waals surface area (Å²) in [5.41, 5.74) is 6.24. The summed E-state index contributed by atoms with van der Waals surface area (Å²) in [7, 11) is 0. The number of hydrogen-bond donors (Lipinski definition) is 2. The maximum Gasteiger partial charge on any atom is 0.128 e. The summed E-state index contributed by atoms with van der Waals surface area (Å²) in [6.45, 7) is 4.16. The zero-order valence-electron chi connectivity index (χ0n) is 10.2. The van der Waals surface area contributed by atoms with Crippen LogP contribution in [-0.2, 0) is 0 Å². The fourth-order valence-electron chi connectivity index (χ4n) is 1.66. The van der Waals surface area contributed by atoms with Crippen molar-refractivity contribution < 1.29 is 9.50 Å². The molecular formula is C13H19BrFNO. The number of rotatable bonds is 5. The largest absolute Gasteiger partial charge is 0.391 e. The van der Waals surface area contributed by atoms with Crippen LogP contribution in [0.5, 0.6) is 0 Å². The lowest BCUT2D eigenvalue weighted by atomic mass is 9.96. The minimum atomic E-state index is -0.707. The van der Waals surface area contributed by atoms with Gasteiger partial charge < -0.3 is 10.8 Å². The number of aliphatic hydroxyl groups is 1. The van der Waals surface area contributed by atoms with Crippen LogP contribution < -0.4 is 5.73 Å². The Labute approximate surface area is 110 Å². The molecule has 0 amide bonds. The van der Waals surface area contributed by atoms with Crippen molar-refractivity contribution in [3.05, 3.63) is 34.1 Å². The number of halogens is 2. The highest BCUT2D eigenvalue weighted by molar-refractivity contribution is 9.10. The second-order valence-corrected chi connectivity index (χ2v) is 5.65. The molecule has 2 atom stereocenters. The van der Waals surface area contributed by atoms with E-state index in [4.69, 9.17) is 5.73 Å². The third kappa shape index (κ3) is 4.37. The van der Waals surface area contributed by atoms with Gasteiger partial charge in [0.05, 0.1) is 12.1 Å². The van der Waals surface area contributed by atoms with Gasteiger partial charge in [-0.1, -0.05) is 29.8 Å². The van der Waals surface area contributed by atoms with Crippen LogP contribution in [-0.4, -0.2) is 11.2 Å². The maximum absolute atomic E-state index is 13.6. The van der Waals surface area contributed by atoms with Gasteiger partial charge in [0.2, 0.25) is 0 Å². The lowest BCUT2D eigenvalue weighted by Crippen LogP contribution is -2.27. The monoisotopic (exact) mass is 303 g/mol. The second-order valence-electron chi connectivity index (χ2n) is 4.73. The van der Waals surface area contributed by atoms with Gasteiger partial charge in [0.25, 0.3) is 0 Å². The van der Waals surface area contributed by atoms with Crippen LogP contribution in [0.2, 0.25) is 0 Å². The molecule has 0 unspecified atom stereocenters. The first-order chi connectivity index (χ1) is 7.91. The van der Waals surface area contributed by atoms with Crippen LogP contribution in [0.15, 0.2) is 22.7 Å². The van der Waals surface area contributed by atoms with Crippen LogP contribution in [0.3, 0.4) is 0 Å². The van der Waals surface area contributed by atoms with Crippen molar-refractivity contribution in [3.8, 4) is 0 Å². The topological polar surface area (TPSA) is 46.2 Å². The highest BCUT2D eigenvalue weighted by Gasteiger charge is 2.20. The summed E-state index contributed by atoms with van der Waals surface area (Å²) < 4.78 is 14.3. The molecule has 0 spiro atoms. The highest BCUT2D eigenvalue weighted by Crippen LogP contribution is 2.24. The van der Waals surface area contributed by atoms with Crippen molar-refractivity contribution in [1.29, 1.82) is 0 Å². The van der Waals surface area contributed by atoms with E-state index in [-0.39, 0.29) is 5.82 Å². The van der Waals surface area contributed by atoms with Gasteiger partial charge in [0.1, 0.15) is 5.82 Å². The van der Waals surface area contributed by atoms with E-state index >= 15 is 0 Å². The Balaban J connectivity index is 2.74. The Hall–Kier alpha value is -0.450. The standard InChI is InChI=1S/C13H19BrFNO/c1-8(2)3-6-12(17)13(16)10-7-9(14)4-5-11(10)15/h4-5,7-8,12-13,17H,3,6,16H2,1-2H3/t12-,13+/m1/s1. The zero-order valence-corrected chi connectivity index (χ0v) is 11.7. The first-order valence-electron chi connectivity index (χ1n) is 5.80. The molecule has 2 nitrogen and oxygen atoms in total. The molecule has 0 saturated heterocycles. The molecule has 0 radical (unpaired) electrons. The van der Waals surface area contributed by atoms with Crippen molar-refractivity contribution in [1.82, 2.24) is 0 Å². The minimum absolute atomic E-state index is 0.357. The molecule has 0 saturated carbocycles. The van der Waals surface area contributed by atoms with Crippen molar-refractivity contribution in [3.63, 3.8) is 0 Å². The van der Waals surface area contributed by atoms with Gasteiger partial charge in [0.15, 0.2) is 0 Å². The SMILES string of the molecule is CC(C)CC[C@@H](O)[C@@H](N)c1cc(Br)ccc1F. The van der Waals surface area contributed by atoms with Gasteiger partial charge in [-0.2, -0.15) is 0 Å². The van der Waals surface area contributed by atoms with E-state index in [0.29, 0.717) is 17.9 Å². The maximum atomic E-state index is 13.6.